The largest absolute Gasteiger partial charge is 0.506 e. The van der Waals surface area contributed by atoms with Crippen LogP contribution in [-0.2, 0) is 0 Å². The minimum atomic E-state index is -0.0787. The van der Waals surface area contributed by atoms with Crippen LogP contribution in [0, 0.1) is 13.8 Å². The van der Waals surface area contributed by atoms with Crippen LogP contribution >= 0.6 is 0 Å². The summed E-state index contributed by atoms with van der Waals surface area (Å²) in [6.07, 6.45) is 0. The highest BCUT2D eigenvalue weighted by molar-refractivity contribution is 6.02. The lowest BCUT2D eigenvalue weighted by molar-refractivity contribution is 0.0740. The smallest absolute Gasteiger partial charge is 0.270 e. The number of phenolic OH excluding ortho intramolecular Hbond substituents is 1. The Morgan fingerprint density at radius 3 is 2.28 bits per heavy atom. The van der Waals surface area contributed by atoms with Crippen molar-refractivity contribution >= 4 is 17.4 Å². The number of aromatic hydroxyl groups is 1. The van der Waals surface area contributed by atoms with Crippen molar-refractivity contribution in [2.45, 2.75) is 20.8 Å². The maximum Gasteiger partial charge on any atom is 0.270 e. The summed E-state index contributed by atoms with van der Waals surface area (Å²) in [6.45, 7) is 7.59. The third kappa shape index (κ3) is 3.12. The van der Waals surface area contributed by atoms with Gasteiger partial charge in [0.25, 0.3) is 5.91 Å². The monoisotopic (exact) mass is 341 g/mol. The Bertz CT molecular complexity index is 817. The van der Waals surface area contributed by atoms with Gasteiger partial charge in [-0.2, -0.15) is 0 Å². The number of aromatic nitrogens is 1. The Kier molecular flexibility index (Phi) is 4.53. The van der Waals surface area contributed by atoms with Crippen molar-refractivity contribution in [3.63, 3.8) is 0 Å². The number of hydrogen-bond acceptors (Lipinski definition) is 4. The summed E-state index contributed by atoms with van der Waals surface area (Å²) >= 11 is 0. The van der Waals surface area contributed by atoms with Crippen LogP contribution in [0.2, 0.25) is 0 Å². The van der Waals surface area contributed by atoms with Crippen molar-refractivity contribution in [2.24, 2.45) is 0 Å². The predicted octanol–water partition coefficient (Wildman–Crippen LogP) is 2.50. The van der Waals surface area contributed by atoms with Gasteiger partial charge in [-0.15, -0.1) is 0 Å². The van der Waals surface area contributed by atoms with E-state index in [0.717, 1.165) is 16.9 Å². The average Bonchev–Trinajstić information content (AvgIpc) is 2.89. The van der Waals surface area contributed by atoms with Crippen molar-refractivity contribution in [1.82, 2.24) is 9.88 Å². The van der Waals surface area contributed by atoms with Gasteiger partial charge in [0.2, 0.25) is 0 Å². The van der Waals surface area contributed by atoms with E-state index in [0.29, 0.717) is 37.4 Å². The summed E-state index contributed by atoms with van der Waals surface area (Å²) in [5.74, 6) is 0.143. The molecule has 132 valence electrons. The van der Waals surface area contributed by atoms with Gasteiger partial charge in [0, 0.05) is 37.4 Å². The highest BCUT2D eigenvalue weighted by atomic mass is 16.3. The molecular formula is C19H23N3O3. The Hall–Kier alpha value is -2.76. The van der Waals surface area contributed by atoms with Gasteiger partial charge in [0.15, 0.2) is 5.78 Å². The molecule has 0 saturated carbocycles. The summed E-state index contributed by atoms with van der Waals surface area (Å²) in [5, 5.41) is 9.98. The number of rotatable bonds is 3. The highest BCUT2D eigenvalue weighted by Crippen LogP contribution is 2.27. The second-order valence-corrected chi connectivity index (χ2v) is 6.45. The SMILES string of the molecule is CC(=O)c1c(C)[nH]c(C(=O)N2CCN(c3ccccc3O)CC2)c1C. The van der Waals surface area contributed by atoms with Gasteiger partial charge in [-0.05, 0) is 38.5 Å². The molecule has 1 aliphatic rings. The third-order valence-electron chi connectivity index (χ3n) is 4.79. The lowest BCUT2D eigenvalue weighted by atomic mass is 10.1. The van der Waals surface area contributed by atoms with Gasteiger partial charge in [-0.25, -0.2) is 0 Å². The number of Topliss-reactive ketones (excluding diaryl/α,β-unsaturated/α-hetero) is 1. The first-order chi connectivity index (χ1) is 11.9. The van der Waals surface area contributed by atoms with Crippen LogP contribution in [0.3, 0.4) is 0 Å². The van der Waals surface area contributed by atoms with E-state index >= 15 is 0 Å². The molecule has 0 bridgehead atoms. The molecule has 0 atom stereocenters. The summed E-state index contributed by atoms with van der Waals surface area (Å²) in [5.41, 5.74) is 3.36. The van der Waals surface area contributed by atoms with Crippen LogP contribution in [0.5, 0.6) is 5.75 Å². The van der Waals surface area contributed by atoms with E-state index in [-0.39, 0.29) is 17.4 Å². The first-order valence-electron chi connectivity index (χ1n) is 8.42. The number of benzene rings is 1. The first kappa shape index (κ1) is 17.1. The molecule has 25 heavy (non-hydrogen) atoms. The Morgan fingerprint density at radius 2 is 1.72 bits per heavy atom. The number of carbonyl (C=O) groups excluding carboxylic acids is 2. The molecular weight excluding hydrogens is 318 g/mol. The molecule has 0 radical (unpaired) electrons. The van der Waals surface area contributed by atoms with Gasteiger partial charge in [-0.3, -0.25) is 9.59 Å². The van der Waals surface area contributed by atoms with Gasteiger partial charge in [0.1, 0.15) is 11.4 Å². The number of para-hydroxylation sites is 2. The Labute approximate surface area is 147 Å². The molecule has 1 saturated heterocycles. The van der Waals surface area contributed by atoms with E-state index < -0.39 is 0 Å². The molecule has 2 N–H and O–H groups in total. The Balaban J connectivity index is 1.73. The lowest BCUT2D eigenvalue weighted by Crippen LogP contribution is -2.49. The van der Waals surface area contributed by atoms with Crippen LogP contribution in [0.1, 0.15) is 39.0 Å². The summed E-state index contributed by atoms with van der Waals surface area (Å²) in [7, 11) is 0. The maximum absolute atomic E-state index is 12.8. The minimum absolute atomic E-state index is 0.0327. The number of phenols is 1. The van der Waals surface area contributed by atoms with Crippen molar-refractivity contribution in [3.8, 4) is 5.75 Å². The van der Waals surface area contributed by atoms with Crippen LogP contribution in [0.25, 0.3) is 0 Å². The fraction of sp³-hybridized carbons (Fsp3) is 0.368. The van der Waals surface area contributed by atoms with Gasteiger partial charge in [0.05, 0.1) is 5.69 Å². The molecule has 1 amide bonds. The highest BCUT2D eigenvalue weighted by Gasteiger charge is 2.27. The van der Waals surface area contributed by atoms with Crippen molar-refractivity contribution in [1.29, 1.82) is 0 Å². The maximum atomic E-state index is 12.8. The summed E-state index contributed by atoms with van der Waals surface area (Å²) in [6, 6.07) is 7.23. The van der Waals surface area contributed by atoms with Crippen molar-refractivity contribution in [3.05, 3.63) is 46.8 Å². The molecule has 2 aromatic rings. The topological polar surface area (TPSA) is 76.6 Å². The quantitative estimate of drug-likeness (QED) is 0.841. The standard InChI is InChI=1S/C19H23N3O3/c1-12-17(14(3)23)13(2)20-18(12)19(25)22-10-8-21(9-11-22)15-6-4-5-7-16(15)24/h4-7,20,24H,8-11H2,1-3H3. The number of aromatic amines is 1. The lowest BCUT2D eigenvalue weighted by Gasteiger charge is -2.36. The normalized spacial score (nSPS) is 14.7. The Morgan fingerprint density at radius 1 is 1.08 bits per heavy atom. The van der Waals surface area contributed by atoms with Gasteiger partial charge in [-0.1, -0.05) is 12.1 Å². The molecule has 1 aromatic carbocycles. The van der Waals surface area contributed by atoms with E-state index in [4.69, 9.17) is 0 Å². The van der Waals surface area contributed by atoms with E-state index in [1.54, 1.807) is 17.0 Å². The number of nitrogens with zero attached hydrogens (tertiary/aromatic N) is 2. The van der Waals surface area contributed by atoms with Crippen molar-refractivity contribution in [2.75, 3.05) is 31.1 Å². The number of H-pyrrole nitrogens is 1. The fourth-order valence-electron chi connectivity index (χ4n) is 3.53. The zero-order valence-electron chi connectivity index (χ0n) is 14.8. The number of carbonyl (C=O) groups is 2. The number of ketones is 1. The van der Waals surface area contributed by atoms with E-state index in [9.17, 15) is 14.7 Å². The molecule has 6 heteroatoms. The van der Waals surface area contributed by atoms with Gasteiger partial charge >= 0.3 is 0 Å². The third-order valence-corrected chi connectivity index (χ3v) is 4.79. The first-order valence-corrected chi connectivity index (χ1v) is 8.42. The van der Waals surface area contributed by atoms with Crippen molar-refractivity contribution < 1.29 is 14.7 Å². The molecule has 2 heterocycles. The van der Waals surface area contributed by atoms with Crippen LogP contribution in [-0.4, -0.2) is 52.9 Å². The average molecular weight is 341 g/mol. The number of piperazine rings is 1. The zero-order chi connectivity index (χ0) is 18.1. The molecule has 0 unspecified atom stereocenters. The number of anilines is 1. The predicted molar refractivity (Wildman–Crippen MR) is 96.5 cm³/mol. The van der Waals surface area contributed by atoms with Gasteiger partial charge < -0.3 is 19.9 Å². The molecule has 6 nitrogen and oxygen atoms in total. The molecule has 0 spiro atoms. The number of nitrogens with one attached hydrogen (secondary N) is 1. The molecule has 1 fully saturated rings. The van der Waals surface area contributed by atoms with Crippen LogP contribution in [0.4, 0.5) is 5.69 Å². The number of aryl methyl sites for hydroxylation is 1. The van der Waals surface area contributed by atoms with Crippen LogP contribution in [0.15, 0.2) is 24.3 Å². The van der Waals surface area contributed by atoms with Crippen LogP contribution < -0.4 is 4.90 Å². The van der Waals surface area contributed by atoms with E-state index in [1.807, 2.05) is 26.0 Å². The molecule has 3 rings (SSSR count). The second kappa shape index (κ2) is 6.63. The van der Waals surface area contributed by atoms with E-state index in [2.05, 4.69) is 9.88 Å². The zero-order valence-corrected chi connectivity index (χ0v) is 14.8. The molecule has 1 aliphatic heterocycles. The van der Waals surface area contributed by atoms with E-state index in [1.165, 1.54) is 6.92 Å². The minimum Gasteiger partial charge on any atom is -0.506 e. The molecule has 1 aromatic heterocycles. The fourth-order valence-corrected chi connectivity index (χ4v) is 3.53. The number of hydrogen-bond donors (Lipinski definition) is 2. The second-order valence-electron chi connectivity index (χ2n) is 6.45. The molecule has 0 aliphatic carbocycles. The number of amides is 1. The summed E-state index contributed by atoms with van der Waals surface area (Å²) < 4.78 is 0. The summed E-state index contributed by atoms with van der Waals surface area (Å²) in [4.78, 5) is 31.5.